The Labute approximate surface area is 87.9 Å². The molecule has 0 unspecified atom stereocenters. The van der Waals surface area contributed by atoms with Gasteiger partial charge in [-0.15, -0.1) is 0 Å². The van der Waals surface area contributed by atoms with Crippen molar-refractivity contribution in [1.82, 2.24) is 14.9 Å². The Bertz CT molecular complexity index is 475. The molecule has 78 valence electrons. The summed E-state index contributed by atoms with van der Waals surface area (Å²) in [6.45, 7) is 2.94. The van der Waals surface area contributed by atoms with Crippen LogP contribution in [0.25, 0.3) is 10.9 Å². The van der Waals surface area contributed by atoms with Gasteiger partial charge in [0.1, 0.15) is 6.54 Å². The van der Waals surface area contributed by atoms with Crippen LogP contribution < -0.4 is 5.32 Å². The third kappa shape index (κ3) is 1.98. The lowest BCUT2D eigenvalue weighted by molar-refractivity contribution is -0.121. The van der Waals surface area contributed by atoms with E-state index in [9.17, 15) is 4.79 Å². The van der Waals surface area contributed by atoms with E-state index in [2.05, 4.69) is 10.3 Å². The smallest absolute Gasteiger partial charge is 0.239 e. The second-order valence-electron chi connectivity index (χ2n) is 3.33. The Morgan fingerprint density at radius 1 is 1.53 bits per heavy atom. The van der Waals surface area contributed by atoms with E-state index >= 15 is 0 Å². The van der Waals surface area contributed by atoms with Gasteiger partial charge in [0.25, 0.3) is 0 Å². The van der Waals surface area contributed by atoms with Crippen LogP contribution in [0.15, 0.2) is 30.7 Å². The van der Waals surface area contributed by atoms with Gasteiger partial charge in [-0.1, -0.05) is 0 Å². The molecule has 2 heterocycles. The van der Waals surface area contributed by atoms with Crippen molar-refractivity contribution < 1.29 is 4.79 Å². The fourth-order valence-electron chi connectivity index (χ4n) is 1.59. The molecule has 0 radical (unpaired) electrons. The molecule has 0 aromatic carbocycles. The van der Waals surface area contributed by atoms with Gasteiger partial charge in [-0.25, -0.2) is 0 Å². The summed E-state index contributed by atoms with van der Waals surface area (Å²) in [6, 6.07) is 3.87. The first kappa shape index (κ1) is 9.71. The van der Waals surface area contributed by atoms with Crippen molar-refractivity contribution in [3.8, 4) is 0 Å². The summed E-state index contributed by atoms with van der Waals surface area (Å²) in [4.78, 5) is 15.4. The minimum absolute atomic E-state index is 0.0341. The maximum absolute atomic E-state index is 11.4. The number of nitrogens with one attached hydrogen (secondary N) is 1. The monoisotopic (exact) mass is 203 g/mol. The second kappa shape index (κ2) is 4.13. The third-order valence-corrected chi connectivity index (χ3v) is 2.26. The fourth-order valence-corrected chi connectivity index (χ4v) is 1.59. The quantitative estimate of drug-likeness (QED) is 0.814. The second-order valence-corrected chi connectivity index (χ2v) is 3.33. The summed E-state index contributed by atoms with van der Waals surface area (Å²) in [5.74, 6) is 0.0341. The van der Waals surface area contributed by atoms with Crippen LogP contribution in [0.4, 0.5) is 0 Å². The molecule has 0 saturated carbocycles. The Kier molecular flexibility index (Phi) is 2.67. The lowest BCUT2D eigenvalue weighted by atomic mass is 10.3. The Morgan fingerprint density at radius 2 is 2.40 bits per heavy atom. The minimum atomic E-state index is 0.0341. The molecule has 1 amide bonds. The number of rotatable bonds is 3. The van der Waals surface area contributed by atoms with Crippen molar-refractivity contribution in [3.63, 3.8) is 0 Å². The van der Waals surface area contributed by atoms with Crippen LogP contribution in [-0.4, -0.2) is 22.0 Å². The predicted octanol–water partition coefficient (Wildman–Crippen LogP) is 1.17. The SMILES string of the molecule is CCNC(=O)Cn1ccc2cnccc21. The number of carbonyl (C=O) groups excluding carboxylic acids is 1. The van der Waals surface area contributed by atoms with Gasteiger partial charge in [0.15, 0.2) is 0 Å². The number of likely N-dealkylation sites (N-methyl/N-ethyl adjacent to an activating group) is 1. The molecule has 0 saturated heterocycles. The number of carbonyl (C=O) groups is 1. The summed E-state index contributed by atoms with van der Waals surface area (Å²) in [7, 11) is 0. The minimum Gasteiger partial charge on any atom is -0.355 e. The van der Waals surface area contributed by atoms with Gasteiger partial charge in [-0.05, 0) is 19.1 Å². The molecule has 1 N–H and O–H groups in total. The van der Waals surface area contributed by atoms with Crippen molar-refractivity contribution in [2.75, 3.05) is 6.54 Å². The van der Waals surface area contributed by atoms with E-state index in [0.29, 0.717) is 13.1 Å². The molecule has 2 aromatic rings. The third-order valence-electron chi connectivity index (χ3n) is 2.26. The average Bonchev–Trinajstić information content (AvgIpc) is 2.62. The molecular weight excluding hydrogens is 190 g/mol. The van der Waals surface area contributed by atoms with Crippen LogP contribution >= 0.6 is 0 Å². The van der Waals surface area contributed by atoms with Gasteiger partial charge >= 0.3 is 0 Å². The largest absolute Gasteiger partial charge is 0.355 e. The van der Waals surface area contributed by atoms with Crippen LogP contribution in [0.5, 0.6) is 0 Å². The number of hydrogen-bond donors (Lipinski definition) is 1. The summed E-state index contributed by atoms with van der Waals surface area (Å²) >= 11 is 0. The lowest BCUT2D eigenvalue weighted by Crippen LogP contribution is -2.26. The van der Waals surface area contributed by atoms with Crippen LogP contribution in [0.1, 0.15) is 6.92 Å². The highest BCUT2D eigenvalue weighted by atomic mass is 16.1. The average molecular weight is 203 g/mol. The molecular formula is C11H13N3O. The van der Waals surface area contributed by atoms with Gasteiger partial charge in [0, 0.05) is 30.5 Å². The molecule has 0 fully saturated rings. The Morgan fingerprint density at radius 3 is 3.20 bits per heavy atom. The van der Waals surface area contributed by atoms with E-state index in [1.165, 1.54) is 0 Å². The number of nitrogens with zero attached hydrogens (tertiary/aromatic N) is 2. The standard InChI is InChI=1S/C11H13N3O/c1-2-13-11(15)8-14-6-4-9-7-12-5-3-10(9)14/h3-7H,2,8H2,1H3,(H,13,15). The first-order valence-corrected chi connectivity index (χ1v) is 4.97. The number of aromatic nitrogens is 2. The van der Waals surface area contributed by atoms with Gasteiger partial charge in [0.2, 0.25) is 5.91 Å². The number of fused-ring (bicyclic) bond motifs is 1. The summed E-state index contributed by atoms with van der Waals surface area (Å²) < 4.78 is 1.92. The zero-order chi connectivity index (χ0) is 10.7. The van der Waals surface area contributed by atoms with Gasteiger partial charge in [-0.2, -0.15) is 0 Å². The number of hydrogen-bond acceptors (Lipinski definition) is 2. The lowest BCUT2D eigenvalue weighted by Gasteiger charge is -2.04. The van der Waals surface area contributed by atoms with Crippen LogP contribution in [0.2, 0.25) is 0 Å². The van der Waals surface area contributed by atoms with E-state index in [-0.39, 0.29) is 5.91 Å². The summed E-state index contributed by atoms with van der Waals surface area (Å²) in [5, 5.41) is 3.83. The maximum Gasteiger partial charge on any atom is 0.239 e. The topological polar surface area (TPSA) is 46.9 Å². The molecule has 2 rings (SSSR count). The van der Waals surface area contributed by atoms with Crippen molar-refractivity contribution in [2.45, 2.75) is 13.5 Å². The van der Waals surface area contributed by atoms with Crippen LogP contribution in [0.3, 0.4) is 0 Å². The normalized spacial score (nSPS) is 10.5. The fraction of sp³-hybridized carbons (Fsp3) is 0.273. The molecule has 4 heteroatoms. The Balaban J connectivity index is 2.25. The highest BCUT2D eigenvalue weighted by Crippen LogP contribution is 2.13. The van der Waals surface area contributed by atoms with Crippen molar-refractivity contribution in [3.05, 3.63) is 30.7 Å². The van der Waals surface area contributed by atoms with Gasteiger partial charge < -0.3 is 9.88 Å². The molecule has 0 spiro atoms. The predicted molar refractivity (Wildman–Crippen MR) is 58.4 cm³/mol. The first-order chi connectivity index (χ1) is 7.31. The highest BCUT2D eigenvalue weighted by molar-refractivity contribution is 5.82. The number of amides is 1. The van der Waals surface area contributed by atoms with E-state index in [4.69, 9.17) is 0 Å². The molecule has 2 aromatic heterocycles. The number of pyridine rings is 1. The first-order valence-electron chi connectivity index (χ1n) is 4.97. The maximum atomic E-state index is 11.4. The Hall–Kier alpha value is -1.84. The van der Waals surface area contributed by atoms with E-state index < -0.39 is 0 Å². The van der Waals surface area contributed by atoms with Crippen LogP contribution in [-0.2, 0) is 11.3 Å². The molecule has 15 heavy (non-hydrogen) atoms. The molecule has 0 aliphatic rings. The van der Waals surface area contributed by atoms with E-state index in [1.807, 2.05) is 29.8 Å². The van der Waals surface area contributed by atoms with Crippen LogP contribution in [0, 0.1) is 0 Å². The summed E-state index contributed by atoms with van der Waals surface area (Å²) in [6.07, 6.45) is 5.43. The van der Waals surface area contributed by atoms with Crippen molar-refractivity contribution in [2.24, 2.45) is 0 Å². The molecule has 4 nitrogen and oxygen atoms in total. The van der Waals surface area contributed by atoms with Gasteiger partial charge in [0.05, 0.1) is 5.52 Å². The van der Waals surface area contributed by atoms with E-state index in [1.54, 1.807) is 12.4 Å². The zero-order valence-corrected chi connectivity index (χ0v) is 8.60. The zero-order valence-electron chi connectivity index (χ0n) is 8.60. The molecule has 0 atom stereocenters. The van der Waals surface area contributed by atoms with Crippen molar-refractivity contribution in [1.29, 1.82) is 0 Å². The van der Waals surface area contributed by atoms with Gasteiger partial charge in [-0.3, -0.25) is 9.78 Å². The van der Waals surface area contributed by atoms with E-state index in [0.717, 1.165) is 10.9 Å². The summed E-state index contributed by atoms with van der Waals surface area (Å²) in [5.41, 5.74) is 1.04. The van der Waals surface area contributed by atoms with Crippen molar-refractivity contribution >= 4 is 16.8 Å². The highest BCUT2D eigenvalue weighted by Gasteiger charge is 2.04. The molecule has 0 bridgehead atoms. The molecule has 0 aliphatic heterocycles. The molecule has 0 aliphatic carbocycles.